The van der Waals surface area contributed by atoms with E-state index in [2.05, 4.69) is 47.0 Å². The third kappa shape index (κ3) is 5.13. The van der Waals surface area contributed by atoms with Crippen molar-refractivity contribution in [2.75, 3.05) is 26.0 Å². The fraction of sp³-hybridized carbons (Fsp3) is 0.692. The van der Waals surface area contributed by atoms with Crippen LogP contribution in [-0.2, 0) is 13.0 Å². The van der Waals surface area contributed by atoms with Gasteiger partial charge in [-0.25, -0.2) is 9.97 Å². The maximum atomic E-state index is 4.60. The smallest absolute Gasteiger partial charge is 0.144 e. The third-order valence-electron chi connectivity index (χ3n) is 2.26. The van der Waals surface area contributed by atoms with Gasteiger partial charge in [-0.05, 0) is 33.4 Å². The average Bonchev–Trinajstić information content (AvgIpc) is 2.14. The van der Waals surface area contributed by atoms with Crippen LogP contribution in [0.4, 0.5) is 5.82 Å². The van der Waals surface area contributed by atoms with E-state index in [9.17, 15) is 0 Å². The van der Waals surface area contributed by atoms with Crippen LogP contribution in [0, 0.1) is 5.92 Å². The average molecular weight is 236 g/mol. The van der Waals surface area contributed by atoms with Crippen LogP contribution in [0.3, 0.4) is 0 Å². The van der Waals surface area contributed by atoms with E-state index in [1.807, 2.05) is 14.1 Å². The lowest BCUT2D eigenvalue weighted by Crippen LogP contribution is -2.15. The number of hydrogen-bond donors (Lipinski definition) is 1. The topological polar surface area (TPSA) is 41.1 Å². The summed E-state index contributed by atoms with van der Waals surface area (Å²) in [5.41, 5.74) is 1.13. The standard InChI is InChI=1S/C13H24N4/c1-6-14-12-8-11(7-10(2)3)15-13(16-12)9-17(4)5/h8,10H,6-7,9H2,1-5H3,(H,14,15,16). The molecule has 0 spiro atoms. The lowest BCUT2D eigenvalue weighted by atomic mass is 10.1. The molecule has 1 rings (SSSR count). The number of nitrogens with zero attached hydrogens (tertiary/aromatic N) is 3. The summed E-state index contributed by atoms with van der Waals surface area (Å²) in [4.78, 5) is 11.2. The van der Waals surface area contributed by atoms with Crippen molar-refractivity contribution in [2.24, 2.45) is 5.92 Å². The van der Waals surface area contributed by atoms with Gasteiger partial charge in [0.15, 0.2) is 0 Å². The Hall–Kier alpha value is -1.16. The van der Waals surface area contributed by atoms with E-state index in [1.165, 1.54) is 0 Å². The summed E-state index contributed by atoms with van der Waals surface area (Å²) >= 11 is 0. The van der Waals surface area contributed by atoms with E-state index in [0.717, 1.165) is 36.8 Å². The fourth-order valence-corrected chi connectivity index (χ4v) is 1.70. The van der Waals surface area contributed by atoms with Crippen molar-refractivity contribution >= 4 is 5.82 Å². The van der Waals surface area contributed by atoms with Crippen LogP contribution in [0.2, 0.25) is 0 Å². The van der Waals surface area contributed by atoms with Crippen molar-refractivity contribution in [1.29, 1.82) is 0 Å². The van der Waals surface area contributed by atoms with Crippen molar-refractivity contribution in [1.82, 2.24) is 14.9 Å². The highest BCUT2D eigenvalue weighted by atomic mass is 15.1. The highest BCUT2D eigenvalue weighted by Crippen LogP contribution is 2.11. The molecule has 1 N–H and O–H groups in total. The SMILES string of the molecule is CCNc1cc(CC(C)C)nc(CN(C)C)n1. The molecule has 0 atom stereocenters. The van der Waals surface area contributed by atoms with Crippen molar-refractivity contribution in [3.63, 3.8) is 0 Å². The Labute approximate surface area is 104 Å². The van der Waals surface area contributed by atoms with Crippen LogP contribution in [0.15, 0.2) is 6.07 Å². The molecule has 0 amide bonds. The maximum Gasteiger partial charge on any atom is 0.144 e. The van der Waals surface area contributed by atoms with E-state index in [1.54, 1.807) is 0 Å². The Morgan fingerprint density at radius 1 is 1.29 bits per heavy atom. The van der Waals surface area contributed by atoms with Gasteiger partial charge in [0, 0.05) is 18.3 Å². The van der Waals surface area contributed by atoms with Crippen molar-refractivity contribution in [2.45, 2.75) is 33.7 Å². The quantitative estimate of drug-likeness (QED) is 0.822. The molecule has 0 aliphatic rings. The predicted octanol–water partition coefficient (Wildman–Crippen LogP) is 2.17. The Bertz CT molecular complexity index is 319. The molecular weight excluding hydrogens is 212 g/mol. The summed E-state index contributed by atoms with van der Waals surface area (Å²) in [6.45, 7) is 8.17. The maximum absolute atomic E-state index is 4.60. The second kappa shape index (κ2) is 6.55. The van der Waals surface area contributed by atoms with Crippen LogP contribution >= 0.6 is 0 Å². The Kier molecular flexibility index (Phi) is 5.35. The largest absolute Gasteiger partial charge is 0.370 e. The fourth-order valence-electron chi connectivity index (χ4n) is 1.70. The summed E-state index contributed by atoms with van der Waals surface area (Å²) in [5, 5.41) is 3.27. The number of rotatable bonds is 6. The summed E-state index contributed by atoms with van der Waals surface area (Å²) in [5.74, 6) is 2.45. The molecule has 1 aromatic heterocycles. The van der Waals surface area contributed by atoms with Crippen molar-refractivity contribution in [3.05, 3.63) is 17.6 Å². The molecule has 1 aromatic rings. The van der Waals surface area contributed by atoms with E-state index in [-0.39, 0.29) is 0 Å². The molecule has 0 unspecified atom stereocenters. The third-order valence-corrected chi connectivity index (χ3v) is 2.26. The predicted molar refractivity (Wildman–Crippen MR) is 72.1 cm³/mol. The number of aromatic nitrogens is 2. The second-order valence-corrected chi connectivity index (χ2v) is 5.03. The molecule has 0 aliphatic heterocycles. The highest BCUT2D eigenvalue weighted by Gasteiger charge is 2.07. The molecule has 17 heavy (non-hydrogen) atoms. The zero-order chi connectivity index (χ0) is 12.8. The molecule has 4 heteroatoms. The van der Waals surface area contributed by atoms with E-state index < -0.39 is 0 Å². The lowest BCUT2D eigenvalue weighted by Gasteiger charge is -2.13. The molecule has 0 saturated carbocycles. The zero-order valence-electron chi connectivity index (χ0n) is 11.6. The molecule has 1 heterocycles. The summed E-state index contributed by atoms with van der Waals surface area (Å²) < 4.78 is 0. The second-order valence-electron chi connectivity index (χ2n) is 5.03. The van der Waals surface area contributed by atoms with Crippen LogP contribution < -0.4 is 5.32 Å². The highest BCUT2D eigenvalue weighted by molar-refractivity contribution is 5.36. The summed E-state index contributed by atoms with van der Waals surface area (Å²) in [6, 6.07) is 2.06. The van der Waals surface area contributed by atoms with E-state index >= 15 is 0 Å². The molecule has 0 aromatic carbocycles. The minimum Gasteiger partial charge on any atom is -0.370 e. The first-order valence-electron chi connectivity index (χ1n) is 6.26. The van der Waals surface area contributed by atoms with Crippen LogP contribution in [0.5, 0.6) is 0 Å². The van der Waals surface area contributed by atoms with Gasteiger partial charge < -0.3 is 10.2 Å². The molecule has 0 bridgehead atoms. The van der Waals surface area contributed by atoms with Gasteiger partial charge in [0.05, 0.1) is 6.54 Å². The van der Waals surface area contributed by atoms with Gasteiger partial charge in [0.25, 0.3) is 0 Å². The van der Waals surface area contributed by atoms with Crippen LogP contribution in [0.25, 0.3) is 0 Å². The van der Waals surface area contributed by atoms with Crippen LogP contribution in [-0.4, -0.2) is 35.5 Å². The molecular formula is C13H24N4. The molecule has 96 valence electrons. The van der Waals surface area contributed by atoms with Gasteiger partial charge in [-0.2, -0.15) is 0 Å². The normalized spacial score (nSPS) is 11.2. The van der Waals surface area contributed by atoms with Gasteiger partial charge >= 0.3 is 0 Å². The van der Waals surface area contributed by atoms with Crippen molar-refractivity contribution in [3.8, 4) is 0 Å². The number of nitrogens with one attached hydrogen (secondary N) is 1. The molecule has 0 saturated heterocycles. The van der Waals surface area contributed by atoms with Crippen molar-refractivity contribution < 1.29 is 0 Å². The zero-order valence-corrected chi connectivity index (χ0v) is 11.6. The summed E-state index contributed by atoms with van der Waals surface area (Å²) in [7, 11) is 4.07. The Morgan fingerprint density at radius 3 is 2.53 bits per heavy atom. The molecule has 0 radical (unpaired) electrons. The minimum absolute atomic E-state index is 0.617. The van der Waals surface area contributed by atoms with Gasteiger partial charge in [0.1, 0.15) is 11.6 Å². The first kappa shape index (κ1) is 13.9. The van der Waals surface area contributed by atoms with Gasteiger partial charge in [-0.15, -0.1) is 0 Å². The van der Waals surface area contributed by atoms with Gasteiger partial charge in [0.2, 0.25) is 0 Å². The monoisotopic (exact) mass is 236 g/mol. The molecule has 0 fully saturated rings. The van der Waals surface area contributed by atoms with Gasteiger partial charge in [-0.3, -0.25) is 0 Å². The van der Waals surface area contributed by atoms with E-state index in [0.29, 0.717) is 5.92 Å². The Morgan fingerprint density at radius 2 is 2.00 bits per heavy atom. The minimum atomic E-state index is 0.617. The van der Waals surface area contributed by atoms with Crippen LogP contribution in [0.1, 0.15) is 32.3 Å². The van der Waals surface area contributed by atoms with Gasteiger partial charge in [-0.1, -0.05) is 13.8 Å². The lowest BCUT2D eigenvalue weighted by molar-refractivity contribution is 0.389. The summed E-state index contributed by atoms with van der Waals surface area (Å²) in [6.07, 6.45) is 1.00. The first-order valence-corrected chi connectivity index (χ1v) is 6.26. The van der Waals surface area contributed by atoms with E-state index in [4.69, 9.17) is 0 Å². The number of hydrogen-bond acceptors (Lipinski definition) is 4. The molecule has 4 nitrogen and oxygen atoms in total. The number of anilines is 1. The Balaban J connectivity index is 2.91. The molecule has 0 aliphatic carbocycles. The first-order chi connectivity index (χ1) is 8.01.